The van der Waals surface area contributed by atoms with Gasteiger partial charge in [-0.15, -0.1) is 11.3 Å². The molecule has 3 rings (SSSR count). The molecule has 0 aliphatic heterocycles. The molecular formula is C23H24N2O2S2. The number of hydrogen-bond acceptors (Lipinski definition) is 4. The fraction of sp³-hybridized carbons (Fsp3) is 0.217. The highest BCUT2D eigenvalue weighted by atomic mass is 32.1. The fourth-order valence-corrected chi connectivity index (χ4v) is 4.41. The van der Waals surface area contributed by atoms with Gasteiger partial charge in [-0.2, -0.15) is 0 Å². The van der Waals surface area contributed by atoms with Crippen molar-refractivity contribution in [3.8, 4) is 0 Å². The van der Waals surface area contributed by atoms with Crippen LogP contribution in [-0.2, 0) is 11.2 Å². The summed E-state index contributed by atoms with van der Waals surface area (Å²) in [5.74, 6) is -0.0141. The minimum absolute atomic E-state index is 0.367. The first-order chi connectivity index (χ1) is 14.0. The Morgan fingerprint density at radius 2 is 1.76 bits per heavy atom. The molecule has 0 amide bonds. The number of carbonyl (C=O) groups excluding carboxylic acids is 1. The summed E-state index contributed by atoms with van der Waals surface area (Å²) >= 11 is 7.03. The van der Waals surface area contributed by atoms with Crippen LogP contribution in [-0.4, -0.2) is 18.2 Å². The number of methoxy groups -OCH3 is 1. The first-order valence-corrected chi connectivity index (χ1v) is 10.6. The topological polar surface area (TPSA) is 50.4 Å². The van der Waals surface area contributed by atoms with Crippen LogP contribution in [0.5, 0.6) is 0 Å². The standard InChI is InChI=1S/C23H24N2O2S2/c1-15(2)18-11-7-8-12-20(18)24-23(28)25-21-19(22(26)27-3)14-17(29-21)13-16-9-5-4-6-10-16/h4-12,14-15H,13H2,1-3H3,(H2,24,25,28). The molecule has 0 unspecified atom stereocenters. The number of nitrogens with one attached hydrogen (secondary N) is 2. The second-order valence-electron chi connectivity index (χ2n) is 6.93. The van der Waals surface area contributed by atoms with Crippen molar-refractivity contribution in [2.75, 3.05) is 17.7 Å². The fourth-order valence-electron chi connectivity index (χ4n) is 3.05. The molecular weight excluding hydrogens is 400 g/mol. The lowest BCUT2D eigenvalue weighted by molar-refractivity contribution is 0.0602. The summed E-state index contributed by atoms with van der Waals surface area (Å²) in [7, 11) is 1.39. The number of para-hydroxylation sites is 1. The first kappa shape index (κ1) is 21.0. The van der Waals surface area contributed by atoms with Crippen LogP contribution in [0, 0.1) is 0 Å². The second kappa shape index (κ2) is 9.67. The van der Waals surface area contributed by atoms with Crippen LogP contribution in [0.4, 0.5) is 10.7 Å². The molecule has 0 aliphatic rings. The third-order valence-corrected chi connectivity index (χ3v) is 5.72. The van der Waals surface area contributed by atoms with Crippen LogP contribution in [0.25, 0.3) is 0 Å². The van der Waals surface area contributed by atoms with E-state index in [1.807, 2.05) is 42.5 Å². The lowest BCUT2D eigenvalue weighted by atomic mass is 10.0. The Bertz CT molecular complexity index is 997. The van der Waals surface area contributed by atoms with Gasteiger partial charge in [-0.3, -0.25) is 0 Å². The zero-order valence-corrected chi connectivity index (χ0v) is 18.3. The zero-order chi connectivity index (χ0) is 20.8. The van der Waals surface area contributed by atoms with Crippen molar-refractivity contribution in [2.45, 2.75) is 26.2 Å². The summed E-state index contributed by atoms with van der Waals surface area (Å²) in [6, 6.07) is 20.1. The minimum Gasteiger partial charge on any atom is -0.465 e. The van der Waals surface area contributed by atoms with Gasteiger partial charge in [-0.25, -0.2) is 4.79 Å². The monoisotopic (exact) mass is 424 g/mol. The molecule has 1 aromatic heterocycles. The Balaban J connectivity index is 1.80. The minimum atomic E-state index is -0.381. The Morgan fingerprint density at radius 3 is 2.45 bits per heavy atom. The van der Waals surface area contributed by atoms with Crippen molar-refractivity contribution in [2.24, 2.45) is 0 Å². The van der Waals surface area contributed by atoms with Gasteiger partial charge in [-0.1, -0.05) is 62.4 Å². The number of hydrogen-bond donors (Lipinski definition) is 2. The predicted molar refractivity (Wildman–Crippen MR) is 125 cm³/mol. The summed E-state index contributed by atoms with van der Waals surface area (Å²) in [5.41, 5.74) is 3.81. The van der Waals surface area contributed by atoms with E-state index in [0.29, 0.717) is 21.6 Å². The van der Waals surface area contributed by atoms with E-state index in [1.54, 1.807) is 0 Å². The quantitative estimate of drug-likeness (QED) is 0.372. The van der Waals surface area contributed by atoms with Crippen LogP contribution in [0.15, 0.2) is 60.7 Å². The maximum Gasteiger partial charge on any atom is 0.340 e. The maximum absolute atomic E-state index is 12.3. The van der Waals surface area contributed by atoms with E-state index in [0.717, 1.165) is 17.0 Å². The second-order valence-corrected chi connectivity index (χ2v) is 8.48. The Labute approximate surface area is 180 Å². The number of carbonyl (C=O) groups is 1. The molecule has 150 valence electrons. The Kier molecular flexibility index (Phi) is 7.01. The molecule has 3 aromatic rings. The molecule has 0 radical (unpaired) electrons. The van der Waals surface area contributed by atoms with Gasteiger partial charge in [-0.05, 0) is 41.4 Å². The molecule has 0 fully saturated rings. The van der Waals surface area contributed by atoms with Gasteiger partial charge in [0, 0.05) is 17.0 Å². The van der Waals surface area contributed by atoms with E-state index >= 15 is 0 Å². The maximum atomic E-state index is 12.3. The molecule has 0 atom stereocenters. The molecule has 29 heavy (non-hydrogen) atoms. The third kappa shape index (κ3) is 5.43. The van der Waals surface area contributed by atoms with Gasteiger partial charge in [0.2, 0.25) is 0 Å². The van der Waals surface area contributed by atoms with Crippen LogP contribution >= 0.6 is 23.6 Å². The number of anilines is 2. The van der Waals surface area contributed by atoms with Crippen molar-refractivity contribution in [3.63, 3.8) is 0 Å². The van der Waals surface area contributed by atoms with Crippen LogP contribution in [0.1, 0.15) is 46.1 Å². The smallest absolute Gasteiger partial charge is 0.340 e. The summed E-state index contributed by atoms with van der Waals surface area (Å²) < 4.78 is 4.95. The molecule has 0 saturated heterocycles. The molecule has 2 N–H and O–H groups in total. The lowest BCUT2D eigenvalue weighted by Gasteiger charge is -2.16. The van der Waals surface area contributed by atoms with Crippen LogP contribution < -0.4 is 10.6 Å². The van der Waals surface area contributed by atoms with Gasteiger partial charge < -0.3 is 15.4 Å². The predicted octanol–water partition coefficient (Wildman–Crippen LogP) is 6.06. The summed E-state index contributed by atoms with van der Waals surface area (Å²) in [4.78, 5) is 13.3. The molecule has 4 nitrogen and oxygen atoms in total. The van der Waals surface area contributed by atoms with E-state index in [9.17, 15) is 4.79 Å². The average molecular weight is 425 g/mol. The van der Waals surface area contributed by atoms with E-state index < -0.39 is 0 Å². The van der Waals surface area contributed by atoms with Crippen molar-refractivity contribution in [1.29, 1.82) is 0 Å². The largest absolute Gasteiger partial charge is 0.465 e. The van der Waals surface area contributed by atoms with Crippen molar-refractivity contribution in [1.82, 2.24) is 0 Å². The van der Waals surface area contributed by atoms with Crippen molar-refractivity contribution in [3.05, 3.63) is 82.2 Å². The highest BCUT2D eigenvalue weighted by molar-refractivity contribution is 7.80. The van der Waals surface area contributed by atoms with Gasteiger partial charge >= 0.3 is 5.97 Å². The number of esters is 1. The summed E-state index contributed by atoms with van der Waals surface area (Å²) in [6.45, 7) is 4.28. The van der Waals surface area contributed by atoms with Crippen LogP contribution in [0.3, 0.4) is 0 Å². The molecule has 6 heteroatoms. The highest BCUT2D eigenvalue weighted by Gasteiger charge is 2.18. The molecule has 0 spiro atoms. The highest BCUT2D eigenvalue weighted by Crippen LogP contribution is 2.31. The molecule has 1 heterocycles. The number of ether oxygens (including phenoxy) is 1. The number of thiocarbonyl (C=S) groups is 1. The third-order valence-electron chi connectivity index (χ3n) is 4.47. The van der Waals surface area contributed by atoms with Crippen molar-refractivity contribution < 1.29 is 9.53 Å². The van der Waals surface area contributed by atoms with Crippen molar-refractivity contribution >= 4 is 45.3 Å². The lowest BCUT2D eigenvalue weighted by Crippen LogP contribution is -2.20. The van der Waals surface area contributed by atoms with Gasteiger partial charge in [0.1, 0.15) is 5.00 Å². The zero-order valence-electron chi connectivity index (χ0n) is 16.7. The van der Waals surface area contributed by atoms with Crippen LogP contribution in [0.2, 0.25) is 0 Å². The Morgan fingerprint density at radius 1 is 1.07 bits per heavy atom. The number of thiophene rings is 1. The molecule has 0 aliphatic carbocycles. The van der Waals surface area contributed by atoms with E-state index in [1.165, 1.54) is 29.6 Å². The molecule has 0 bridgehead atoms. The molecule has 0 saturated carbocycles. The van der Waals surface area contributed by atoms with E-state index in [2.05, 4.69) is 42.7 Å². The van der Waals surface area contributed by atoms with E-state index in [4.69, 9.17) is 17.0 Å². The normalized spacial score (nSPS) is 10.6. The van der Waals surface area contributed by atoms with Gasteiger partial charge in [0.05, 0.1) is 12.7 Å². The summed E-state index contributed by atoms with van der Waals surface area (Å²) in [6.07, 6.45) is 0.744. The Hall–Kier alpha value is -2.70. The van der Waals surface area contributed by atoms with Gasteiger partial charge in [0.15, 0.2) is 5.11 Å². The summed E-state index contributed by atoms with van der Waals surface area (Å²) in [5, 5.41) is 7.57. The molecule has 2 aromatic carbocycles. The van der Waals surface area contributed by atoms with E-state index in [-0.39, 0.29) is 5.97 Å². The SMILES string of the molecule is COC(=O)c1cc(Cc2ccccc2)sc1NC(=S)Nc1ccccc1C(C)C. The van der Waals surface area contributed by atoms with Gasteiger partial charge in [0.25, 0.3) is 0 Å². The number of benzene rings is 2. The first-order valence-electron chi connectivity index (χ1n) is 9.39. The average Bonchev–Trinajstić information content (AvgIpc) is 3.10. The number of rotatable bonds is 6.